The minimum absolute atomic E-state index is 0.00825. The number of aliphatic hydroxyl groups is 1. The number of nitrogens with zero attached hydrogens (tertiary/aromatic N) is 2. The number of carboxylic acid groups (broad SMARTS) is 1. The zero-order valence-corrected chi connectivity index (χ0v) is 23.4. The van der Waals surface area contributed by atoms with Gasteiger partial charge >= 0.3 is 5.97 Å². The summed E-state index contributed by atoms with van der Waals surface area (Å²) in [5.41, 5.74) is 3.40. The van der Waals surface area contributed by atoms with Crippen LogP contribution >= 0.6 is 23.1 Å². The van der Waals surface area contributed by atoms with Gasteiger partial charge < -0.3 is 25.0 Å². The first-order valence-electron chi connectivity index (χ1n) is 12.9. The van der Waals surface area contributed by atoms with Gasteiger partial charge in [0, 0.05) is 36.3 Å². The molecule has 0 saturated carbocycles. The van der Waals surface area contributed by atoms with Crippen LogP contribution in [0.15, 0.2) is 52.9 Å². The van der Waals surface area contributed by atoms with Gasteiger partial charge in [-0.05, 0) is 43.0 Å². The number of ether oxygens (including phenoxy) is 2. The Morgan fingerprint density at radius 3 is 2.38 bits per heavy atom. The molecule has 1 amide bonds. The van der Waals surface area contributed by atoms with Gasteiger partial charge in [0.05, 0.1) is 18.8 Å². The van der Waals surface area contributed by atoms with Crippen molar-refractivity contribution in [2.45, 2.75) is 74.9 Å². The lowest BCUT2D eigenvalue weighted by Crippen LogP contribution is -2.31. The number of carboxylic acids is 1. The zero-order valence-electron chi connectivity index (χ0n) is 21.7. The molecule has 2 heterocycles. The van der Waals surface area contributed by atoms with Crippen LogP contribution in [0.1, 0.15) is 72.6 Å². The van der Waals surface area contributed by atoms with Gasteiger partial charge in [-0.1, -0.05) is 65.9 Å². The van der Waals surface area contributed by atoms with E-state index < -0.39 is 12.3 Å². The van der Waals surface area contributed by atoms with Crippen molar-refractivity contribution in [2.24, 2.45) is 0 Å². The lowest BCUT2D eigenvalue weighted by Gasteiger charge is -2.36. The molecular formula is C28H33N3O6S2. The Bertz CT molecular complexity index is 1220. The molecule has 39 heavy (non-hydrogen) atoms. The number of aromatic nitrogens is 2. The van der Waals surface area contributed by atoms with Gasteiger partial charge in [-0.25, -0.2) is 0 Å². The topological polar surface area (TPSA) is 131 Å². The lowest BCUT2D eigenvalue weighted by molar-refractivity contribution is -0.245. The number of aliphatic hydroxyl groups excluding tert-OH is 1. The number of carbonyl (C=O) groups excluding carboxylic acids is 1. The largest absolute Gasteiger partial charge is 0.481 e. The number of amides is 1. The molecule has 2 aromatic carbocycles. The molecule has 1 aliphatic rings. The lowest BCUT2D eigenvalue weighted by atomic mass is 10.0. The number of thioether (sulfide) groups is 1. The number of carbonyl (C=O) groups is 2. The minimum atomic E-state index is -0.812. The zero-order chi connectivity index (χ0) is 27.6. The number of nitrogens with one attached hydrogen (secondary N) is 1. The number of hydrogen-bond donors (Lipinski definition) is 3. The van der Waals surface area contributed by atoms with Gasteiger partial charge in [-0.2, -0.15) is 0 Å². The monoisotopic (exact) mass is 571 g/mol. The third-order valence-electron chi connectivity index (χ3n) is 6.28. The number of anilines is 1. The van der Waals surface area contributed by atoms with Crippen LogP contribution < -0.4 is 5.32 Å². The van der Waals surface area contributed by atoms with Gasteiger partial charge in [-0.15, -0.1) is 10.2 Å². The van der Waals surface area contributed by atoms with Crippen LogP contribution in [0.2, 0.25) is 0 Å². The van der Waals surface area contributed by atoms with Crippen molar-refractivity contribution in [3.8, 4) is 0 Å². The molecule has 0 spiro atoms. The summed E-state index contributed by atoms with van der Waals surface area (Å²) in [5.74, 6) is -0.202. The van der Waals surface area contributed by atoms with E-state index in [9.17, 15) is 14.7 Å². The number of aliphatic carboxylic acids is 1. The summed E-state index contributed by atoms with van der Waals surface area (Å²) in [6, 6.07) is 15.2. The standard InChI is InChI=1S/C28H33N3O6S2/c1-18-30-31-28(39-18)38-17-23-15-24(20-9-7-19(16-32)8-10-20)37-27(36-23)21-11-13-22(14-12-21)29-25(33)5-3-2-4-6-26(34)35/h7-14,23-24,27,32H,2-6,15-17H2,1H3,(H,29,33)(H,34,35)/t23-,24+,27+/m1/s1. The highest BCUT2D eigenvalue weighted by Gasteiger charge is 2.32. The molecule has 11 heteroatoms. The fourth-order valence-electron chi connectivity index (χ4n) is 4.21. The highest BCUT2D eigenvalue weighted by Crippen LogP contribution is 2.39. The first-order chi connectivity index (χ1) is 18.9. The molecule has 0 bridgehead atoms. The predicted octanol–water partition coefficient (Wildman–Crippen LogP) is 5.65. The normalized spacial score (nSPS) is 19.1. The Morgan fingerprint density at radius 1 is 1.00 bits per heavy atom. The second kappa shape index (κ2) is 14.5. The fraction of sp³-hybridized carbons (Fsp3) is 0.429. The van der Waals surface area contributed by atoms with Gasteiger partial charge in [0.2, 0.25) is 5.91 Å². The van der Waals surface area contributed by atoms with Crippen molar-refractivity contribution in [2.75, 3.05) is 11.1 Å². The van der Waals surface area contributed by atoms with Crippen LogP contribution in [0, 0.1) is 6.92 Å². The van der Waals surface area contributed by atoms with E-state index in [0.717, 1.165) is 26.0 Å². The van der Waals surface area contributed by atoms with Gasteiger partial charge in [0.1, 0.15) is 5.01 Å². The molecule has 9 nitrogen and oxygen atoms in total. The fourth-order valence-corrected chi connectivity index (χ4v) is 6.07. The van der Waals surface area contributed by atoms with Gasteiger partial charge in [0.15, 0.2) is 10.6 Å². The molecular weight excluding hydrogens is 538 g/mol. The maximum absolute atomic E-state index is 12.3. The summed E-state index contributed by atoms with van der Waals surface area (Å²) in [5, 5.41) is 30.2. The van der Waals surface area contributed by atoms with E-state index in [0.29, 0.717) is 43.5 Å². The molecule has 1 saturated heterocycles. The van der Waals surface area contributed by atoms with Crippen molar-refractivity contribution in [1.82, 2.24) is 10.2 Å². The van der Waals surface area contributed by atoms with Crippen LogP contribution in [0.3, 0.4) is 0 Å². The SMILES string of the molecule is Cc1nnc(SC[C@H]2C[C@@H](c3ccc(CO)cc3)O[C@@H](c3ccc(NC(=O)CCCCCC(=O)O)cc3)O2)s1. The maximum atomic E-state index is 12.3. The quantitative estimate of drug-likeness (QED) is 0.176. The van der Waals surface area contributed by atoms with E-state index in [1.54, 1.807) is 23.1 Å². The number of unbranched alkanes of at least 4 members (excludes halogenated alkanes) is 2. The van der Waals surface area contributed by atoms with Crippen molar-refractivity contribution in [3.63, 3.8) is 0 Å². The van der Waals surface area contributed by atoms with E-state index in [1.165, 1.54) is 0 Å². The minimum Gasteiger partial charge on any atom is -0.481 e. The molecule has 1 aromatic heterocycles. The highest BCUT2D eigenvalue weighted by atomic mass is 32.2. The molecule has 0 aliphatic carbocycles. The van der Waals surface area contributed by atoms with Crippen molar-refractivity contribution in [3.05, 3.63) is 70.2 Å². The molecule has 1 aliphatic heterocycles. The Hall–Kier alpha value is -2.83. The number of benzene rings is 2. The van der Waals surface area contributed by atoms with Crippen LogP contribution in [0.25, 0.3) is 0 Å². The second-order valence-corrected chi connectivity index (χ2v) is 11.8. The number of hydrogen-bond acceptors (Lipinski definition) is 9. The Balaban J connectivity index is 1.38. The maximum Gasteiger partial charge on any atom is 0.303 e. The van der Waals surface area contributed by atoms with E-state index in [1.807, 2.05) is 55.5 Å². The summed E-state index contributed by atoms with van der Waals surface area (Å²) in [6.07, 6.45) is 2.24. The molecule has 4 rings (SSSR count). The first kappa shape index (κ1) is 29.2. The number of aryl methyl sites for hydroxylation is 1. The summed E-state index contributed by atoms with van der Waals surface area (Å²) in [4.78, 5) is 22.9. The first-order valence-corrected chi connectivity index (χ1v) is 14.7. The molecule has 0 radical (unpaired) electrons. The third kappa shape index (κ3) is 9.11. The Labute approximate surface area is 236 Å². The van der Waals surface area contributed by atoms with Crippen LogP contribution in [0.4, 0.5) is 5.69 Å². The van der Waals surface area contributed by atoms with Gasteiger partial charge in [-0.3, -0.25) is 9.59 Å². The molecule has 3 atom stereocenters. The van der Waals surface area contributed by atoms with Crippen LogP contribution in [0.5, 0.6) is 0 Å². The summed E-state index contributed by atoms with van der Waals surface area (Å²) in [7, 11) is 0. The van der Waals surface area contributed by atoms with E-state index in [4.69, 9.17) is 14.6 Å². The van der Waals surface area contributed by atoms with E-state index >= 15 is 0 Å². The molecule has 0 unspecified atom stereocenters. The highest BCUT2D eigenvalue weighted by molar-refractivity contribution is 8.01. The molecule has 1 fully saturated rings. The third-order valence-corrected chi connectivity index (χ3v) is 8.38. The van der Waals surface area contributed by atoms with Crippen molar-refractivity contribution >= 4 is 40.7 Å². The number of rotatable bonds is 13. The average molecular weight is 572 g/mol. The van der Waals surface area contributed by atoms with Gasteiger partial charge in [0.25, 0.3) is 0 Å². The second-order valence-electron chi connectivity index (χ2n) is 9.37. The molecule has 3 aromatic rings. The predicted molar refractivity (Wildman–Crippen MR) is 150 cm³/mol. The Morgan fingerprint density at radius 2 is 1.72 bits per heavy atom. The van der Waals surface area contributed by atoms with E-state index in [-0.39, 0.29) is 31.1 Å². The smallest absolute Gasteiger partial charge is 0.303 e. The summed E-state index contributed by atoms with van der Waals surface area (Å²) < 4.78 is 13.6. The summed E-state index contributed by atoms with van der Waals surface area (Å²) in [6.45, 7) is 1.93. The Kier molecular flexibility index (Phi) is 10.9. The molecule has 208 valence electrons. The van der Waals surface area contributed by atoms with Crippen LogP contribution in [-0.4, -0.2) is 44.1 Å². The van der Waals surface area contributed by atoms with E-state index in [2.05, 4.69) is 15.5 Å². The molecule has 3 N–H and O–H groups in total. The van der Waals surface area contributed by atoms with Crippen molar-refractivity contribution < 1.29 is 29.3 Å². The summed E-state index contributed by atoms with van der Waals surface area (Å²) >= 11 is 3.18. The van der Waals surface area contributed by atoms with Crippen molar-refractivity contribution in [1.29, 1.82) is 0 Å². The van der Waals surface area contributed by atoms with Crippen LogP contribution in [-0.2, 0) is 25.7 Å². The average Bonchev–Trinajstić information content (AvgIpc) is 3.36.